The maximum atomic E-state index is 12.8. The van der Waals surface area contributed by atoms with Crippen LogP contribution < -0.4 is 0 Å². The van der Waals surface area contributed by atoms with E-state index in [1.165, 1.54) is 0 Å². The SMILES string of the molecule is CCn1nccc1C(=O)N1CCC2(CCC(=O)N(C[C@H]3CCCO3)C2)CC1. The Morgan fingerprint density at radius 1 is 1.33 bits per heavy atom. The van der Waals surface area contributed by atoms with Crippen molar-refractivity contribution in [1.82, 2.24) is 19.6 Å². The number of piperidine rings is 2. The average Bonchev–Trinajstić information content (AvgIpc) is 3.36. The molecule has 3 aliphatic rings. The lowest BCUT2D eigenvalue weighted by atomic mass is 9.72. The Morgan fingerprint density at radius 2 is 2.15 bits per heavy atom. The fourth-order valence-electron chi connectivity index (χ4n) is 4.82. The highest BCUT2D eigenvalue weighted by Crippen LogP contribution is 2.40. The van der Waals surface area contributed by atoms with Crippen molar-refractivity contribution in [3.63, 3.8) is 0 Å². The van der Waals surface area contributed by atoms with Crippen LogP contribution in [0.25, 0.3) is 0 Å². The van der Waals surface area contributed by atoms with Gasteiger partial charge in [-0.15, -0.1) is 0 Å². The molecule has 1 aromatic rings. The van der Waals surface area contributed by atoms with E-state index >= 15 is 0 Å². The van der Waals surface area contributed by atoms with Crippen molar-refractivity contribution < 1.29 is 14.3 Å². The third-order valence-corrected chi connectivity index (χ3v) is 6.54. The van der Waals surface area contributed by atoms with Gasteiger partial charge in [-0.25, -0.2) is 0 Å². The van der Waals surface area contributed by atoms with Crippen molar-refractivity contribution >= 4 is 11.8 Å². The summed E-state index contributed by atoms with van der Waals surface area (Å²) in [5, 5.41) is 4.21. The van der Waals surface area contributed by atoms with Gasteiger partial charge in [-0.2, -0.15) is 5.10 Å². The quantitative estimate of drug-likeness (QED) is 0.808. The number of likely N-dealkylation sites (tertiary alicyclic amines) is 2. The molecule has 0 aromatic carbocycles. The molecule has 7 heteroatoms. The minimum Gasteiger partial charge on any atom is -0.376 e. The topological polar surface area (TPSA) is 67.7 Å². The Hall–Kier alpha value is -1.89. The van der Waals surface area contributed by atoms with Crippen LogP contribution in [0.2, 0.25) is 0 Å². The second-order valence-electron chi connectivity index (χ2n) is 8.23. The van der Waals surface area contributed by atoms with E-state index in [1.54, 1.807) is 16.9 Å². The Kier molecular flexibility index (Phi) is 5.21. The second kappa shape index (κ2) is 7.62. The van der Waals surface area contributed by atoms with Gasteiger partial charge in [0, 0.05) is 51.9 Å². The molecule has 0 bridgehead atoms. The van der Waals surface area contributed by atoms with E-state index in [9.17, 15) is 9.59 Å². The lowest BCUT2D eigenvalue weighted by Gasteiger charge is -2.47. The molecule has 3 saturated heterocycles. The summed E-state index contributed by atoms with van der Waals surface area (Å²) in [6, 6.07) is 1.80. The van der Waals surface area contributed by atoms with Crippen LogP contribution >= 0.6 is 0 Å². The molecule has 0 saturated carbocycles. The molecule has 0 aliphatic carbocycles. The third kappa shape index (κ3) is 3.74. The van der Waals surface area contributed by atoms with E-state index < -0.39 is 0 Å². The van der Waals surface area contributed by atoms with E-state index in [4.69, 9.17) is 4.74 Å². The van der Waals surface area contributed by atoms with Gasteiger partial charge in [0.1, 0.15) is 5.69 Å². The molecule has 27 heavy (non-hydrogen) atoms. The summed E-state index contributed by atoms with van der Waals surface area (Å²) in [7, 11) is 0. The molecule has 0 unspecified atom stereocenters. The van der Waals surface area contributed by atoms with Gasteiger partial charge < -0.3 is 14.5 Å². The molecular weight excluding hydrogens is 344 g/mol. The van der Waals surface area contributed by atoms with Gasteiger partial charge in [-0.05, 0) is 50.5 Å². The van der Waals surface area contributed by atoms with Crippen molar-refractivity contribution in [1.29, 1.82) is 0 Å². The van der Waals surface area contributed by atoms with Crippen LogP contribution in [0.15, 0.2) is 12.3 Å². The van der Waals surface area contributed by atoms with Gasteiger partial charge in [0.05, 0.1) is 6.10 Å². The van der Waals surface area contributed by atoms with Gasteiger partial charge in [0.25, 0.3) is 5.91 Å². The number of hydrogen-bond acceptors (Lipinski definition) is 4. The largest absolute Gasteiger partial charge is 0.376 e. The summed E-state index contributed by atoms with van der Waals surface area (Å²) in [5.41, 5.74) is 0.834. The van der Waals surface area contributed by atoms with Crippen LogP contribution in [0.3, 0.4) is 0 Å². The number of ether oxygens (including phenoxy) is 1. The molecule has 1 spiro atoms. The van der Waals surface area contributed by atoms with Crippen LogP contribution in [-0.2, 0) is 16.1 Å². The first-order valence-corrected chi connectivity index (χ1v) is 10.3. The van der Waals surface area contributed by atoms with E-state index in [0.717, 1.165) is 64.9 Å². The van der Waals surface area contributed by atoms with Crippen LogP contribution in [-0.4, -0.2) is 70.3 Å². The first-order valence-electron chi connectivity index (χ1n) is 10.3. The molecule has 0 N–H and O–H groups in total. The van der Waals surface area contributed by atoms with Crippen molar-refractivity contribution in [2.75, 3.05) is 32.8 Å². The van der Waals surface area contributed by atoms with Crippen LogP contribution in [0, 0.1) is 5.41 Å². The van der Waals surface area contributed by atoms with Gasteiger partial charge >= 0.3 is 0 Å². The molecule has 0 radical (unpaired) electrons. The zero-order valence-corrected chi connectivity index (χ0v) is 16.2. The monoisotopic (exact) mass is 374 g/mol. The molecule has 4 rings (SSSR count). The molecular formula is C20H30N4O3. The molecule has 2 amide bonds. The summed E-state index contributed by atoms with van der Waals surface area (Å²) in [5.74, 6) is 0.341. The first-order chi connectivity index (χ1) is 13.1. The average molecular weight is 374 g/mol. The molecule has 4 heterocycles. The van der Waals surface area contributed by atoms with Crippen molar-refractivity contribution in [2.24, 2.45) is 5.41 Å². The number of nitrogens with zero attached hydrogens (tertiary/aromatic N) is 4. The summed E-state index contributed by atoms with van der Waals surface area (Å²) >= 11 is 0. The van der Waals surface area contributed by atoms with Crippen LogP contribution in [0.5, 0.6) is 0 Å². The highest BCUT2D eigenvalue weighted by Gasteiger charge is 2.42. The van der Waals surface area contributed by atoms with E-state index in [0.29, 0.717) is 18.7 Å². The summed E-state index contributed by atoms with van der Waals surface area (Å²) in [6.45, 7) is 6.59. The molecule has 3 fully saturated rings. The number of hydrogen-bond donors (Lipinski definition) is 0. The molecule has 1 aromatic heterocycles. The van der Waals surface area contributed by atoms with E-state index in [2.05, 4.69) is 5.10 Å². The molecule has 3 aliphatic heterocycles. The summed E-state index contributed by atoms with van der Waals surface area (Å²) in [6.07, 6.45) is 7.57. The predicted octanol–water partition coefficient (Wildman–Crippen LogP) is 1.93. The predicted molar refractivity (Wildman–Crippen MR) is 100 cm³/mol. The van der Waals surface area contributed by atoms with Crippen LogP contribution in [0.1, 0.15) is 55.9 Å². The van der Waals surface area contributed by atoms with Gasteiger partial charge in [-0.3, -0.25) is 14.3 Å². The lowest BCUT2D eigenvalue weighted by Crippen LogP contribution is -2.53. The maximum Gasteiger partial charge on any atom is 0.272 e. The molecule has 148 valence electrons. The number of amides is 2. The van der Waals surface area contributed by atoms with E-state index in [1.807, 2.05) is 16.7 Å². The van der Waals surface area contributed by atoms with Gasteiger partial charge in [0.15, 0.2) is 0 Å². The number of aryl methyl sites for hydroxylation is 1. The molecule has 7 nitrogen and oxygen atoms in total. The third-order valence-electron chi connectivity index (χ3n) is 6.54. The van der Waals surface area contributed by atoms with Crippen LogP contribution in [0.4, 0.5) is 0 Å². The number of aromatic nitrogens is 2. The van der Waals surface area contributed by atoms with Crippen molar-refractivity contribution in [2.45, 2.75) is 58.1 Å². The number of carbonyl (C=O) groups is 2. The van der Waals surface area contributed by atoms with Crippen molar-refractivity contribution in [3.8, 4) is 0 Å². The van der Waals surface area contributed by atoms with E-state index in [-0.39, 0.29) is 23.3 Å². The van der Waals surface area contributed by atoms with Crippen molar-refractivity contribution in [3.05, 3.63) is 18.0 Å². The zero-order chi connectivity index (χ0) is 18.9. The van der Waals surface area contributed by atoms with Gasteiger partial charge in [-0.1, -0.05) is 0 Å². The maximum absolute atomic E-state index is 12.8. The standard InChI is InChI=1S/C20H30N4O3/c1-2-24-17(6-10-21-24)19(26)22-11-8-20(9-12-22)7-5-18(25)23(15-20)14-16-4-3-13-27-16/h6,10,16H,2-5,7-9,11-15H2,1H3/t16-/m1/s1. The Balaban J connectivity index is 1.37. The smallest absolute Gasteiger partial charge is 0.272 e. The summed E-state index contributed by atoms with van der Waals surface area (Å²) in [4.78, 5) is 29.2. The summed E-state index contributed by atoms with van der Waals surface area (Å²) < 4.78 is 7.50. The normalized spacial score (nSPS) is 25.4. The molecule has 1 atom stereocenters. The fourth-order valence-corrected chi connectivity index (χ4v) is 4.82. The zero-order valence-electron chi connectivity index (χ0n) is 16.2. The highest BCUT2D eigenvalue weighted by atomic mass is 16.5. The Labute approximate surface area is 160 Å². The minimum absolute atomic E-state index is 0.0762. The lowest BCUT2D eigenvalue weighted by molar-refractivity contribution is -0.141. The Bertz CT molecular complexity index is 687. The van der Waals surface area contributed by atoms with Gasteiger partial charge in [0.2, 0.25) is 5.91 Å². The highest BCUT2D eigenvalue weighted by molar-refractivity contribution is 5.92. The first kappa shape index (κ1) is 18.5. The Morgan fingerprint density at radius 3 is 2.85 bits per heavy atom. The second-order valence-corrected chi connectivity index (χ2v) is 8.23. The number of rotatable bonds is 4. The minimum atomic E-state index is 0.0762. The number of carbonyl (C=O) groups excluding carboxylic acids is 2. The fraction of sp³-hybridized carbons (Fsp3) is 0.750.